The molecule has 0 spiro atoms. The van der Waals surface area contributed by atoms with Gasteiger partial charge in [-0.1, -0.05) is 12.1 Å². The smallest absolute Gasteiger partial charge is 0.416 e. The third-order valence-electron chi connectivity index (χ3n) is 5.11. The Balaban J connectivity index is 1.63. The number of ketones is 1. The van der Waals surface area contributed by atoms with Crippen molar-refractivity contribution in [3.63, 3.8) is 0 Å². The molecule has 1 aliphatic rings. The largest absolute Gasteiger partial charge is 0.444 e. The molecule has 1 fully saturated rings. The van der Waals surface area contributed by atoms with Gasteiger partial charge in [0.05, 0.1) is 17.3 Å². The summed E-state index contributed by atoms with van der Waals surface area (Å²) >= 11 is 0. The van der Waals surface area contributed by atoms with Crippen LogP contribution in [0.15, 0.2) is 36.7 Å². The molecule has 1 aromatic heterocycles. The van der Waals surface area contributed by atoms with Crippen LogP contribution in [0.2, 0.25) is 0 Å². The number of aromatic nitrogens is 2. The van der Waals surface area contributed by atoms with Crippen LogP contribution in [0, 0.1) is 0 Å². The van der Waals surface area contributed by atoms with E-state index in [0.29, 0.717) is 36.3 Å². The standard InChI is InChI=1S/C23H26F3N3O3/c1-22(2,3)32-21(31)29-12-4-5-19(29)20(30)11-10-17-13-18(28-14-27-17)15-6-8-16(9-7-15)23(24,25)26/h6-9,13-14,19H,4-5,10-12H2,1-3H3/t19-/m0/s1. The minimum atomic E-state index is -4.40. The Bertz CT molecular complexity index is 969. The Labute approximate surface area is 184 Å². The molecule has 1 amide bonds. The van der Waals surface area contributed by atoms with Crippen LogP contribution in [-0.2, 0) is 22.1 Å². The average Bonchev–Trinajstić information content (AvgIpc) is 3.21. The van der Waals surface area contributed by atoms with E-state index in [9.17, 15) is 22.8 Å². The molecule has 1 saturated heterocycles. The number of nitrogens with zero attached hydrogens (tertiary/aromatic N) is 3. The third kappa shape index (κ3) is 6.05. The summed E-state index contributed by atoms with van der Waals surface area (Å²) < 4.78 is 43.7. The van der Waals surface area contributed by atoms with Gasteiger partial charge in [-0.15, -0.1) is 0 Å². The van der Waals surface area contributed by atoms with E-state index in [1.807, 2.05) is 0 Å². The van der Waals surface area contributed by atoms with Gasteiger partial charge in [0.25, 0.3) is 0 Å². The van der Waals surface area contributed by atoms with Gasteiger partial charge >= 0.3 is 12.3 Å². The SMILES string of the molecule is CC(C)(C)OC(=O)N1CCC[C@H]1C(=O)CCc1cc(-c2ccc(C(F)(F)F)cc2)ncn1. The number of amides is 1. The summed E-state index contributed by atoms with van der Waals surface area (Å²) in [5.74, 6) is -0.0666. The van der Waals surface area contributed by atoms with Crippen LogP contribution in [0.1, 0.15) is 51.3 Å². The van der Waals surface area contributed by atoms with Crippen LogP contribution in [0.4, 0.5) is 18.0 Å². The fourth-order valence-corrected chi connectivity index (χ4v) is 3.58. The lowest BCUT2D eigenvalue weighted by atomic mass is 10.0. The van der Waals surface area contributed by atoms with Crippen molar-refractivity contribution in [3.05, 3.63) is 47.9 Å². The minimum Gasteiger partial charge on any atom is -0.444 e. The predicted octanol–water partition coefficient (Wildman–Crippen LogP) is 5.06. The molecule has 0 saturated carbocycles. The van der Waals surface area contributed by atoms with E-state index in [4.69, 9.17) is 4.74 Å². The van der Waals surface area contributed by atoms with E-state index in [-0.39, 0.29) is 12.2 Å². The molecule has 3 rings (SSSR count). The number of rotatable bonds is 5. The number of alkyl halides is 3. The first kappa shape index (κ1) is 23.7. The number of likely N-dealkylation sites (tertiary alicyclic amines) is 1. The number of ether oxygens (including phenoxy) is 1. The molecule has 0 N–H and O–H groups in total. The van der Waals surface area contributed by atoms with E-state index in [2.05, 4.69) is 9.97 Å². The molecule has 0 unspecified atom stereocenters. The van der Waals surface area contributed by atoms with Crippen molar-refractivity contribution in [2.75, 3.05) is 6.54 Å². The van der Waals surface area contributed by atoms with Crippen LogP contribution >= 0.6 is 0 Å². The molecule has 0 aliphatic carbocycles. The summed E-state index contributed by atoms with van der Waals surface area (Å²) in [5, 5.41) is 0. The summed E-state index contributed by atoms with van der Waals surface area (Å²) in [6.07, 6.45) is -1.69. The van der Waals surface area contributed by atoms with Crippen LogP contribution in [-0.4, -0.2) is 44.9 Å². The molecule has 1 aromatic carbocycles. The molecule has 32 heavy (non-hydrogen) atoms. The van der Waals surface area contributed by atoms with E-state index in [1.54, 1.807) is 26.8 Å². The monoisotopic (exact) mass is 449 g/mol. The summed E-state index contributed by atoms with van der Waals surface area (Å²) in [7, 11) is 0. The predicted molar refractivity (Wildman–Crippen MR) is 112 cm³/mol. The molecule has 2 heterocycles. The highest BCUT2D eigenvalue weighted by Crippen LogP contribution is 2.30. The number of aryl methyl sites for hydroxylation is 1. The van der Waals surface area contributed by atoms with Gasteiger partial charge in [-0.25, -0.2) is 14.8 Å². The van der Waals surface area contributed by atoms with Crippen molar-refractivity contribution in [3.8, 4) is 11.3 Å². The lowest BCUT2D eigenvalue weighted by Crippen LogP contribution is -2.43. The molecule has 0 radical (unpaired) electrons. The van der Waals surface area contributed by atoms with Crippen molar-refractivity contribution in [1.82, 2.24) is 14.9 Å². The number of hydrogen-bond donors (Lipinski definition) is 0. The molecule has 6 nitrogen and oxygen atoms in total. The highest BCUT2D eigenvalue weighted by Gasteiger charge is 2.36. The minimum absolute atomic E-state index is 0.0666. The molecule has 9 heteroatoms. The van der Waals surface area contributed by atoms with Crippen molar-refractivity contribution in [2.45, 2.75) is 64.3 Å². The van der Waals surface area contributed by atoms with Gasteiger partial charge < -0.3 is 4.74 Å². The number of carbonyl (C=O) groups is 2. The first-order chi connectivity index (χ1) is 14.9. The molecular formula is C23H26F3N3O3. The van der Waals surface area contributed by atoms with Crippen molar-refractivity contribution in [2.24, 2.45) is 0 Å². The first-order valence-corrected chi connectivity index (χ1v) is 10.4. The van der Waals surface area contributed by atoms with E-state index < -0.39 is 29.5 Å². The van der Waals surface area contributed by atoms with Crippen molar-refractivity contribution in [1.29, 1.82) is 0 Å². The summed E-state index contributed by atoms with van der Waals surface area (Å²) in [6, 6.07) is 5.88. The maximum Gasteiger partial charge on any atom is 0.416 e. The number of Topliss-reactive ketones (excluding diaryl/α,β-unsaturated/α-hetero) is 1. The Morgan fingerprint density at radius 2 is 1.81 bits per heavy atom. The summed E-state index contributed by atoms with van der Waals surface area (Å²) in [4.78, 5) is 35.0. The van der Waals surface area contributed by atoms with Gasteiger partial charge in [0.1, 0.15) is 11.9 Å². The fraction of sp³-hybridized carbons (Fsp3) is 0.478. The molecule has 1 aliphatic heterocycles. The molecule has 1 atom stereocenters. The lowest BCUT2D eigenvalue weighted by molar-refractivity contribution is -0.137. The zero-order chi connectivity index (χ0) is 23.5. The van der Waals surface area contributed by atoms with Crippen molar-refractivity contribution >= 4 is 11.9 Å². The molecule has 172 valence electrons. The summed E-state index contributed by atoms with van der Waals surface area (Å²) in [5.41, 5.74) is 0.243. The number of hydrogen-bond acceptors (Lipinski definition) is 5. The highest BCUT2D eigenvalue weighted by molar-refractivity contribution is 5.88. The van der Waals surface area contributed by atoms with Gasteiger partial charge in [-0.2, -0.15) is 13.2 Å². The highest BCUT2D eigenvalue weighted by atomic mass is 19.4. The average molecular weight is 449 g/mol. The maximum atomic E-state index is 12.8. The summed E-state index contributed by atoms with van der Waals surface area (Å²) in [6.45, 7) is 5.82. The fourth-order valence-electron chi connectivity index (χ4n) is 3.58. The Kier molecular flexibility index (Phi) is 6.85. The normalized spacial score (nSPS) is 16.8. The van der Waals surface area contributed by atoms with Gasteiger partial charge in [0.15, 0.2) is 5.78 Å². The Morgan fingerprint density at radius 1 is 1.12 bits per heavy atom. The van der Waals surface area contributed by atoms with Gasteiger partial charge in [-0.3, -0.25) is 9.69 Å². The maximum absolute atomic E-state index is 12.8. The van der Waals surface area contributed by atoms with Gasteiger partial charge in [0, 0.05) is 24.2 Å². The van der Waals surface area contributed by atoms with Crippen molar-refractivity contribution < 1.29 is 27.5 Å². The van der Waals surface area contributed by atoms with Gasteiger partial charge in [-0.05, 0) is 58.2 Å². The second-order valence-electron chi connectivity index (χ2n) is 8.77. The van der Waals surface area contributed by atoms with Crippen LogP contribution in [0.5, 0.6) is 0 Å². The topological polar surface area (TPSA) is 72.4 Å². The number of halogens is 3. The second kappa shape index (κ2) is 9.26. The molecular weight excluding hydrogens is 423 g/mol. The Morgan fingerprint density at radius 3 is 2.44 bits per heavy atom. The van der Waals surface area contributed by atoms with Crippen LogP contribution < -0.4 is 0 Å². The van der Waals surface area contributed by atoms with E-state index in [1.165, 1.54) is 23.4 Å². The van der Waals surface area contributed by atoms with E-state index in [0.717, 1.165) is 18.6 Å². The second-order valence-corrected chi connectivity index (χ2v) is 8.77. The zero-order valence-electron chi connectivity index (χ0n) is 18.3. The quantitative estimate of drug-likeness (QED) is 0.638. The first-order valence-electron chi connectivity index (χ1n) is 10.4. The van der Waals surface area contributed by atoms with Crippen LogP contribution in [0.25, 0.3) is 11.3 Å². The Hall–Kier alpha value is -2.97. The zero-order valence-corrected chi connectivity index (χ0v) is 18.3. The molecule has 0 bridgehead atoms. The lowest BCUT2D eigenvalue weighted by Gasteiger charge is -2.28. The van der Waals surface area contributed by atoms with Crippen LogP contribution in [0.3, 0.4) is 0 Å². The molecule has 2 aromatic rings. The number of benzene rings is 1. The number of carbonyl (C=O) groups excluding carboxylic acids is 2. The van der Waals surface area contributed by atoms with Gasteiger partial charge in [0.2, 0.25) is 0 Å². The van der Waals surface area contributed by atoms with E-state index >= 15 is 0 Å². The third-order valence-corrected chi connectivity index (χ3v) is 5.11.